The molecular weight excluding hydrogens is 236 g/mol. The number of benzene rings is 1. The molecule has 1 heterocycles. The second-order valence-electron chi connectivity index (χ2n) is 5.01. The Labute approximate surface area is 115 Å². The van der Waals surface area contributed by atoms with E-state index in [1.165, 1.54) is 29.3 Å². The van der Waals surface area contributed by atoms with Crippen molar-refractivity contribution in [3.05, 3.63) is 36.0 Å². The van der Waals surface area contributed by atoms with Gasteiger partial charge in [0.25, 0.3) is 0 Å². The van der Waals surface area contributed by atoms with Gasteiger partial charge in [0.1, 0.15) is 0 Å². The fourth-order valence-electron chi connectivity index (χ4n) is 2.46. The average molecular weight is 260 g/mol. The molecule has 0 aliphatic heterocycles. The molecule has 3 heteroatoms. The Kier molecular flexibility index (Phi) is 5.43. The van der Waals surface area contributed by atoms with Gasteiger partial charge in [-0.05, 0) is 37.4 Å². The maximum Gasteiger partial charge on any atom is 0.0481 e. The second-order valence-corrected chi connectivity index (χ2v) is 5.01. The van der Waals surface area contributed by atoms with Crippen LogP contribution in [0.25, 0.3) is 10.9 Å². The molecule has 0 bridgehead atoms. The van der Waals surface area contributed by atoms with E-state index in [0.717, 1.165) is 26.1 Å². The van der Waals surface area contributed by atoms with Gasteiger partial charge < -0.3 is 14.6 Å². The van der Waals surface area contributed by atoms with Gasteiger partial charge in [0, 0.05) is 44.4 Å². The topological polar surface area (TPSA) is 26.2 Å². The standard InChI is InChI=1S/C16H24N2O/c1-18-13-14(15-8-4-5-9-16(15)18)12-17-10-6-3-7-11-19-2/h4-5,8-9,13,17H,3,6-7,10-12H2,1-2H3. The van der Waals surface area contributed by atoms with Crippen LogP contribution in [0.15, 0.2) is 30.5 Å². The third-order valence-corrected chi connectivity index (χ3v) is 3.50. The molecule has 19 heavy (non-hydrogen) atoms. The third kappa shape index (κ3) is 3.82. The van der Waals surface area contributed by atoms with E-state index in [0.29, 0.717) is 0 Å². The maximum atomic E-state index is 5.05. The van der Waals surface area contributed by atoms with Crippen LogP contribution in [-0.4, -0.2) is 24.8 Å². The summed E-state index contributed by atoms with van der Waals surface area (Å²) in [6.07, 6.45) is 5.83. The van der Waals surface area contributed by atoms with Crippen molar-refractivity contribution in [2.45, 2.75) is 25.8 Å². The van der Waals surface area contributed by atoms with Crippen LogP contribution in [0.5, 0.6) is 0 Å². The Bertz CT molecular complexity index is 504. The van der Waals surface area contributed by atoms with E-state index in [2.05, 4.69) is 47.4 Å². The fraction of sp³-hybridized carbons (Fsp3) is 0.500. The molecule has 0 amide bonds. The number of ether oxygens (including phenoxy) is 1. The zero-order valence-electron chi connectivity index (χ0n) is 12.0. The van der Waals surface area contributed by atoms with Gasteiger partial charge in [-0.1, -0.05) is 18.2 Å². The van der Waals surface area contributed by atoms with Crippen molar-refractivity contribution in [1.82, 2.24) is 9.88 Å². The fourth-order valence-corrected chi connectivity index (χ4v) is 2.46. The van der Waals surface area contributed by atoms with Crippen molar-refractivity contribution in [2.75, 3.05) is 20.3 Å². The highest BCUT2D eigenvalue weighted by molar-refractivity contribution is 5.83. The monoisotopic (exact) mass is 260 g/mol. The summed E-state index contributed by atoms with van der Waals surface area (Å²) in [5.74, 6) is 0. The van der Waals surface area contributed by atoms with Crippen molar-refractivity contribution in [1.29, 1.82) is 0 Å². The first kappa shape index (κ1) is 14.1. The Hall–Kier alpha value is -1.32. The van der Waals surface area contributed by atoms with Gasteiger partial charge >= 0.3 is 0 Å². The maximum absolute atomic E-state index is 5.05. The van der Waals surface area contributed by atoms with Gasteiger partial charge in [0.2, 0.25) is 0 Å². The van der Waals surface area contributed by atoms with Crippen LogP contribution in [0.2, 0.25) is 0 Å². The van der Waals surface area contributed by atoms with Crippen molar-refractivity contribution >= 4 is 10.9 Å². The molecule has 0 saturated carbocycles. The largest absolute Gasteiger partial charge is 0.385 e. The molecule has 2 aromatic rings. The summed E-state index contributed by atoms with van der Waals surface area (Å²) in [7, 11) is 3.87. The van der Waals surface area contributed by atoms with Crippen LogP contribution in [-0.2, 0) is 18.3 Å². The highest BCUT2D eigenvalue weighted by atomic mass is 16.5. The Morgan fingerprint density at radius 2 is 2.00 bits per heavy atom. The zero-order valence-corrected chi connectivity index (χ0v) is 12.0. The van der Waals surface area contributed by atoms with Crippen LogP contribution in [0.4, 0.5) is 0 Å². The van der Waals surface area contributed by atoms with Crippen LogP contribution < -0.4 is 5.32 Å². The van der Waals surface area contributed by atoms with Gasteiger partial charge in [-0.3, -0.25) is 0 Å². The molecule has 104 valence electrons. The summed E-state index contributed by atoms with van der Waals surface area (Å²) in [5.41, 5.74) is 2.69. The smallest absolute Gasteiger partial charge is 0.0481 e. The number of fused-ring (bicyclic) bond motifs is 1. The van der Waals surface area contributed by atoms with E-state index in [1.54, 1.807) is 7.11 Å². The number of nitrogens with zero attached hydrogens (tertiary/aromatic N) is 1. The summed E-state index contributed by atoms with van der Waals surface area (Å²) in [4.78, 5) is 0. The average Bonchev–Trinajstić information content (AvgIpc) is 2.75. The number of aromatic nitrogens is 1. The minimum Gasteiger partial charge on any atom is -0.385 e. The Morgan fingerprint density at radius 1 is 1.16 bits per heavy atom. The van der Waals surface area contributed by atoms with Crippen molar-refractivity contribution in [3.63, 3.8) is 0 Å². The minimum absolute atomic E-state index is 0.878. The van der Waals surface area contributed by atoms with Gasteiger partial charge in [0.05, 0.1) is 0 Å². The number of hydrogen-bond donors (Lipinski definition) is 1. The van der Waals surface area contributed by atoms with E-state index in [1.807, 2.05) is 0 Å². The first-order chi connectivity index (χ1) is 9.33. The van der Waals surface area contributed by atoms with Crippen molar-refractivity contribution in [3.8, 4) is 0 Å². The molecule has 0 atom stereocenters. The summed E-state index contributed by atoms with van der Waals surface area (Å²) >= 11 is 0. The number of para-hydroxylation sites is 1. The van der Waals surface area contributed by atoms with Crippen LogP contribution in [0.1, 0.15) is 24.8 Å². The van der Waals surface area contributed by atoms with Gasteiger partial charge in [-0.25, -0.2) is 0 Å². The van der Waals surface area contributed by atoms with Gasteiger partial charge in [-0.15, -0.1) is 0 Å². The quantitative estimate of drug-likeness (QED) is 0.738. The van der Waals surface area contributed by atoms with Gasteiger partial charge in [0.15, 0.2) is 0 Å². The highest BCUT2D eigenvalue weighted by Gasteiger charge is 2.04. The molecule has 1 aromatic carbocycles. The normalized spacial score (nSPS) is 11.3. The Balaban J connectivity index is 1.79. The predicted molar refractivity (Wildman–Crippen MR) is 80.4 cm³/mol. The molecule has 0 spiro atoms. The lowest BCUT2D eigenvalue weighted by Crippen LogP contribution is -2.14. The molecular formula is C16H24N2O. The molecule has 0 saturated heterocycles. The lowest BCUT2D eigenvalue weighted by atomic mass is 10.2. The first-order valence-corrected chi connectivity index (χ1v) is 7.05. The molecule has 0 unspecified atom stereocenters. The predicted octanol–water partition coefficient (Wildman–Crippen LogP) is 3.08. The van der Waals surface area contributed by atoms with Crippen LogP contribution >= 0.6 is 0 Å². The summed E-state index contributed by atoms with van der Waals surface area (Å²) in [5, 5.41) is 4.89. The molecule has 0 aliphatic carbocycles. The number of hydrogen-bond acceptors (Lipinski definition) is 2. The van der Waals surface area contributed by atoms with Crippen molar-refractivity contribution in [2.24, 2.45) is 7.05 Å². The third-order valence-electron chi connectivity index (χ3n) is 3.50. The number of methoxy groups -OCH3 is 1. The second kappa shape index (κ2) is 7.31. The highest BCUT2D eigenvalue weighted by Crippen LogP contribution is 2.19. The molecule has 0 aliphatic rings. The van der Waals surface area contributed by atoms with Crippen LogP contribution in [0.3, 0.4) is 0 Å². The zero-order chi connectivity index (χ0) is 13.5. The lowest BCUT2D eigenvalue weighted by molar-refractivity contribution is 0.192. The molecule has 3 nitrogen and oxygen atoms in total. The molecule has 2 rings (SSSR count). The van der Waals surface area contributed by atoms with Crippen LogP contribution in [0, 0.1) is 0 Å². The first-order valence-electron chi connectivity index (χ1n) is 7.05. The SMILES string of the molecule is COCCCCCNCc1cn(C)c2ccccc12. The number of unbranched alkanes of at least 4 members (excludes halogenated alkanes) is 2. The van der Waals surface area contributed by atoms with E-state index in [4.69, 9.17) is 4.74 Å². The minimum atomic E-state index is 0.878. The number of nitrogens with one attached hydrogen (secondary N) is 1. The van der Waals surface area contributed by atoms with E-state index in [9.17, 15) is 0 Å². The van der Waals surface area contributed by atoms with Crippen molar-refractivity contribution < 1.29 is 4.74 Å². The molecule has 1 N–H and O–H groups in total. The lowest BCUT2D eigenvalue weighted by Gasteiger charge is -2.04. The molecule has 0 radical (unpaired) electrons. The summed E-state index contributed by atoms with van der Waals surface area (Å²) in [6.45, 7) is 2.90. The molecule has 1 aromatic heterocycles. The summed E-state index contributed by atoms with van der Waals surface area (Å²) in [6, 6.07) is 8.57. The molecule has 0 fully saturated rings. The Morgan fingerprint density at radius 3 is 2.84 bits per heavy atom. The van der Waals surface area contributed by atoms with Gasteiger partial charge in [-0.2, -0.15) is 0 Å². The number of rotatable bonds is 8. The van der Waals surface area contributed by atoms with E-state index < -0.39 is 0 Å². The number of aryl methyl sites for hydroxylation is 1. The summed E-state index contributed by atoms with van der Waals surface area (Å²) < 4.78 is 7.24. The van der Waals surface area contributed by atoms with E-state index >= 15 is 0 Å². The van der Waals surface area contributed by atoms with E-state index in [-0.39, 0.29) is 0 Å².